The van der Waals surface area contributed by atoms with Gasteiger partial charge in [0, 0.05) is 32.4 Å². The summed E-state index contributed by atoms with van der Waals surface area (Å²) in [6.45, 7) is 9.85. The largest absolute Gasteiger partial charge is 0.379 e. The minimum atomic E-state index is 0.531. The van der Waals surface area contributed by atoms with Crippen LogP contribution in [0.5, 0.6) is 0 Å². The minimum Gasteiger partial charge on any atom is -0.379 e. The van der Waals surface area contributed by atoms with Crippen LogP contribution in [0.1, 0.15) is 26.7 Å². The summed E-state index contributed by atoms with van der Waals surface area (Å²) < 4.78 is 5.30. The zero-order valence-electron chi connectivity index (χ0n) is 12.0. The molecule has 110 valence electrons. The van der Waals surface area contributed by atoms with Crippen LogP contribution in [0.4, 0.5) is 0 Å². The molecule has 0 spiro atoms. The molecule has 0 bridgehead atoms. The monoisotopic (exact) mass is 286 g/mol. The zero-order chi connectivity index (χ0) is 13.9. The van der Waals surface area contributed by atoms with E-state index in [-0.39, 0.29) is 0 Å². The van der Waals surface area contributed by atoms with Crippen molar-refractivity contribution in [1.29, 1.82) is 0 Å². The van der Waals surface area contributed by atoms with Crippen molar-refractivity contribution in [3.8, 4) is 0 Å². The van der Waals surface area contributed by atoms with Gasteiger partial charge >= 0.3 is 0 Å². The molecule has 2 N–H and O–H groups in total. The lowest BCUT2D eigenvalue weighted by Gasteiger charge is -2.26. The highest BCUT2D eigenvalue weighted by Gasteiger charge is 2.09. The lowest BCUT2D eigenvalue weighted by molar-refractivity contribution is 0.0389. The Hall–Kier alpha value is -0.720. The molecule has 1 fully saturated rings. The molecule has 1 aliphatic heterocycles. The Morgan fingerprint density at radius 2 is 2.05 bits per heavy atom. The van der Waals surface area contributed by atoms with Gasteiger partial charge in [0.05, 0.1) is 13.2 Å². The molecule has 0 aromatic heterocycles. The Labute approximate surface area is 121 Å². The van der Waals surface area contributed by atoms with Crippen LogP contribution in [0.25, 0.3) is 0 Å². The number of hydrogen-bond acceptors (Lipinski definition) is 4. The second-order valence-corrected chi connectivity index (χ2v) is 5.08. The van der Waals surface area contributed by atoms with Crippen LogP contribution in [0.15, 0.2) is 5.10 Å². The minimum absolute atomic E-state index is 0.531. The summed E-state index contributed by atoms with van der Waals surface area (Å²) >= 11 is 5.17. The Morgan fingerprint density at radius 1 is 1.37 bits per heavy atom. The lowest BCUT2D eigenvalue weighted by Crippen LogP contribution is -2.42. The summed E-state index contributed by atoms with van der Waals surface area (Å²) in [6, 6.07) is 0. The zero-order valence-corrected chi connectivity index (χ0v) is 12.8. The molecule has 0 aromatic rings. The van der Waals surface area contributed by atoms with E-state index in [2.05, 4.69) is 34.6 Å². The van der Waals surface area contributed by atoms with Crippen molar-refractivity contribution in [3.63, 3.8) is 0 Å². The molecular weight excluding hydrogens is 260 g/mol. The molecule has 0 atom stereocenters. The normalized spacial score (nSPS) is 17.0. The third kappa shape index (κ3) is 7.44. The molecule has 1 aliphatic rings. The fourth-order valence-corrected chi connectivity index (χ4v) is 2.05. The van der Waals surface area contributed by atoms with Gasteiger partial charge in [0.1, 0.15) is 0 Å². The molecule has 0 unspecified atom stereocenters. The van der Waals surface area contributed by atoms with Crippen LogP contribution in [-0.2, 0) is 4.74 Å². The average Bonchev–Trinajstić information content (AvgIpc) is 2.45. The van der Waals surface area contributed by atoms with Gasteiger partial charge in [-0.25, -0.2) is 0 Å². The molecule has 0 saturated carbocycles. The SMILES string of the molecule is CCC(/C=N/NC(=S)NCCN1CCOCC1)CC. The van der Waals surface area contributed by atoms with E-state index in [1.165, 1.54) is 0 Å². The number of hydrazone groups is 1. The van der Waals surface area contributed by atoms with Crippen molar-refractivity contribution in [2.45, 2.75) is 26.7 Å². The maximum absolute atomic E-state index is 5.30. The molecule has 1 heterocycles. The maximum Gasteiger partial charge on any atom is 0.186 e. The van der Waals surface area contributed by atoms with E-state index in [9.17, 15) is 0 Å². The second kappa shape index (κ2) is 10.1. The second-order valence-electron chi connectivity index (χ2n) is 4.68. The Balaban J connectivity index is 2.07. The van der Waals surface area contributed by atoms with E-state index >= 15 is 0 Å². The van der Waals surface area contributed by atoms with Gasteiger partial charge in [-0.1, -0.05) is 13.8 Å². The highest BCUT2D eigenvalue weighted by Crippen LogP contribution is 2.02. The summed E-state index contributed by atoms with van der Waals surface area (Å²) in [5.41, 5.74) is 2.87. The first-order chi connectivity index (χ1) is 9.26. The predicted molar refractivity (Wildman–Crippen MR) is 83.6 cm³/mol. The standard InChI is InChI=1S/C13H26N4OS/c1-3-12(4-2)11-15-16-13(19)14-5-6-17-7-9-18-10-8-17/h11-12H,3-10H2,1-2H3,(H2,14,16,19)/b15-11+. The fraction of sp³-hybridized carbons (Fsp3) is 0.846. The van der Waals surface area contributed by atoms with Crippen LogP contribution in [0.2, 0.25) is 0 Å². The fourth-order valence-electron chi connectivity index (χ4n) is 1.89. The van der Waals surface area contributed by atoms with Gasteiger partial charge in [0.25, 0.3) is 0 Å². The molecular formula is C13H26N4OS. The van der Waals surface area contributed by atoms with E-state index in [4.69, 9.17) is 17.0 Å². The highest BCUT2D eigenvalue weighted by molar-refractivity contribution is 7.80. The predicted octanol–water partition coefficient (Wildman–Crippen LogP) is 1.20. The molecule has 0 aliphatic carbocycles. The van der Waals surface area contributed by atoms with Crippen molar-refractivity contribution in [2.75, 3.05) is 39.4 Å². The number of thiocarbonyl (C=S) groups is 1. The highest BCUT2D eigenvalue weighted by atomic mass is 32.1. The van der Waals surface area contributed by atoms with Gasteiger partial charge in [0.15, 0.2) is 5.11 Å². The van der Waals surface area contributed by atoms with Crippen LogP contribution < -0.4 is 10.7 Å². The third-order valence-corrected chi connectivity index (χ3v) is 3.55. The van der Waals surface area contributed by atoms with E-state index in [1.807, 2.05) is 6.21 Å². The van der Waals surface area contributed by atoms with Gasteiger partial charge in [-0.2, -0.15) is 5.10 Å². The molecule has 19 heavy (non-hydrogen) atoms. The number of ether oxygens (including phenoxy) is 1. The Morgan fingerprint density at radius 3 is 2.68 bits per heavy atom. The summed E-state index contributed by atoms with van der Waals surface area (Å²) in [6.07, 6.45) is 4.16. The van der Waals surface area contributed by atoms with Crippen LogP contribution in [0.3, 0.4) is 0 Å². The summed E-state index contributed by atoms with van der Waals surface area (Å²) in [7, 11) is 0. The van der Waals surface area contributed by atoms with E-state index in [1.54, 1.807) is 0 Å². The molecule has 0 aromatic carbocycles. The molecule has 6 heteroatoms. The quantitative estimate of drug-likeness (QED) is 0.418. The Kier molecular flexibility index (Phi) is 8.69. The van der Waals surface area contributed by atoms with E-state index in [0.29, 0.717) is 11.0 Å². The smallest absolute Gasteiger partial charge is 0.186 e. The van der Waals surface area contributed by atoms with Crippen molar-refractivity contribution < 1.29 is 4.74 Å². The van der Waals surface area contributed by atoms with Gasteiger partial charge in [-0.15, -0.1) is 0 Å². The van der Waals surface area contributed by atoms with Gasteiger partial charge in [-0.05, 0) is 31.0 Å². The molecule has 0 amide bonds. The number of rotatable bonds is 7. The first kappa shape index (κ1) is 16.3. The molecule has 1 saturated heterocycles. The van der Waals surface area contributed by atoms with Crippen LogP contribution in [-0.4, -0.2) is 55.6 Å². The van der Waals surface area contributed by atoms with Crippen molar-refractivity contribution in [3.05, 3.63) is 0 Å². The first-order valence-electron chi connectivity index (χ1n) is 7.13. The Bertz CT molecular complexity index is 276. The maximum atomic E-state index is 5.30. The van der Waals surface area contributed by atoms with E-state index in [0.717, 1.165) is 52.2 Å². The van der Waals surface area contributed by atoms with Gasteiger partial charge in [0.2, 0.25) is 0 Å². The van der Waals surface area contributed by atoms with E-state index < -0.39 is 0 Å². The van der Waals surface area contributed by atoms with Crippen molar-refractivity contribution >= 4 is 23.5 Å². The number of nitrogens with zero attached hydrogens (tertiary/aromatic N) is 2. The summed E-state index contributed by atoms with van der Waals surface area (Å²) in [4.78, 5) is 2.37. The average molecular weight is 286 g/mol. The summed E-state index contributed by atoms with van der Waals surface area (Å²) in [5.74, 6) is 0.531. The molecule has 1 rings (SSSR count). The number of hydrogen-bond donors (Lipinski definition) is 2. The number of nitrogens with one attached hydrogen (secondary N) is 2. The van der Waals surface area contributed by atoms with Crippen molar-refractivity contribution in [1.82, 2.24) is 15.6 Å². The topological polar surface area (TPSA) is 48.9 Å². The molecule has 5 nitrogen and oxygen atoms in total. The van der Waals surface area contributed by atoms with Crippen LogP contribution >= 0.6 is 12.2 Å². The number of morpholine rings is 1. The van der Waals surface area contributed by atoms with Crippen molar-refractivity contribution in [2.24, 2.45) is 11.0 Å². The van der Waals surface area contributed by atoms with Crippen LogP contribution in [0, 0.1) is 5.92 Å². The summed E-state index contributed by atoms with van der Waals surface area (Å²) in [5, 5.41) is 7.92. The van der Waals surface area contributed by atoms with Gasteiger partial charge in [-0.3, -0.25) is 10.3 Å². The molecule has 0 radical (unpaired) electrons. The van der Waals surface area contributed by atoms with Gasteiger partial charge < -0.3 is 10.1 Å². The third-order valence-electron chi connectivity index (χ3n) is 3.32. The first-order valence-corrected chi connectivity index (χ1v) is 7.54. The lowest BCUT2D eigenvalue weighted by atomic mass is 10.1.